The number of anilines is 1. The second-order valence-electron chi connectivity index (χ2n) is 5.54. The summed E-state index contributed by atoms with van der Waals surface area (Å²) < 4.78 is 0. The van der Waals surface area contributed by atoms with Crippen LogP contribution in [0.2, 0.25) is 0 Å². The molecule has 1 aromatic rings. The van der Waals surface area contributed by atoms with E-state index in [1.807, 2.05) is 6.07 Å². The maximum atomic E-state index is 10.9. The zero-order chi connectivity index (χ0) is 13.4. The second-order valence-corrected chi connectivity index (χ2v) is 5.54. The van der Waals surface area contributed by atoms with Crippen molar-refractivity contribution in [1.82, 2.24) is 5.32 Å². The van der Waals surface area contributed by atoms with Crippen LogP contribution >= 0.6 is 0 Å². The molecule has 1 unspecified atom stereocenters. The molecule has 1 atom stereocenters. The molecule has 1 N–H and O–H groups in total. The summed E-state index contributed by atoms with van der Waals surface area (Å²) in [6.07, 6.45) is 3.42. The largest absolute Gasteiger partial charge is 0.371 e. The summed E-state index contributed by atoms with van der Waals surface area (Å²) in [6.45, 7) is 2.18. The molecule has 0 bridgehead atoms. The van der Waals surface area contributed by atoms with Gasteiger partial charge in [0.2, 0.25) is 0 Å². The number of rotatable bonds is 2. The standard InChI is InChI=1S/C14H19N3O2/c1-16-13(10-4-6-15-7-5-10)8-11-2-3-12(17(18)19)9-14(11)16/h2-3,9-10,13,15H,4-8H2,1H3. The molecule has 19 heavy (non-hydrogen) atoms. The first kappa shape index (κ1) is 12.4. The van der Waals surface area contributed by atoms with E-state index in [-0.39, 0.29) is 10.6 Å². The molecule has 2 heterocycles. The van der Waals surface area contributed by atoms with Crippen molar-refractivity contribution in [3.63, 3.8) is 0 Å². The highest BCUT2D eigenvalue weighted by atomic mass is 16.6. The first-order valence-corrected chi connectivity index (χ1v) is 6.87. The highest BCUT2D eigenvalue weighted by Crippen LogP contribution is 2.38. The number of non-ortho nitro benzene ring substituents is 1. The molecule has 1 fully saturated rings. The van der Waals surface area contributed by atoms with Crippen molar-refractivity contribution >= 4 is 11.4 Å². The quantitative estimate of drug-likeness (QED) is 0.653. The van der Waals surface area contributed by atoms with Gasteiger partial charge in [-0.2, -0.15) is 0 Å². The van der Waals surface area contributed by atoms with Crippen molar-refractivity contribution in [2.75, 3.05) is 25.0 Å². The third-order valence-electron chi connectivity index (χ3n) is 4.51. The minimum absolute atomic E-state index is 0.191. The first-order valence-electron chi connectivity index (χ1n) is 6.87. The van der Waals surface area contributed by atoms with Gasteiger partial charge < -0.3 is 10.2 Å². The molecule has 3 rings (SSSR count). The molecule has 0 aromatic heterocycles. The topological polar surface area (TPSA) is 58.4 Å². The monoisotopic (exact) mass is 261 g/mol. The molecule has 0 spiro atoms. The molecule has 0 amide bonds. The van der Waals surface area contributed by atoms with Gasteiger partial charge in [0.15, 0.2) is 0 Å². The predicted molar refractivity (Wildman–Crippen MR) is 74.6 cm³/mol. The average molecular weight is 261 g/mol. The van der Waals surface area contributed by atoms with Crippen LogP contribution in [0, 0.1) is 16.0 Å². The fraction of sp³-hybridized carbons (Fsp3) is 0.571. The van der Waals surface area contributed by atoms with Gasteiger partial charge in [-0.3, -0.25) is 10.1 Å². The van der Waals surface area contributed by atoms with Crippen LogP contribution < -0.4 is 10.2 Å². The van der Waals surface area contributed by atoms with Gasteiger partial charge in [-0.05, 0) is 43.8 Å². The Morgan fingerprint density at radius 3 is 2.79 bits per heavy atom. The van der Waals surface area contributed by atoms with Gasteiger partial charge in [-0.15, -0.1) is 0 Å². The zero-order valence-electron chi connectivity index (χ0n) is 11.1. The Bertz CT molecular complexity index is 497. The number of nitro groups is 1. The lowest BCUT2D eigenvalue weighted by molar-refractivity contribution is -0.384. The molecule has 2 aliphatic rings. The van der Waals surface area contributed by atoms with Crippen molar-refractivity contribution < 1.29 is 4.92 Å². The van der Waals surface area contributed by atoms with Crippen molar-refractivity contribution in [3.05, 3.63) is 33.9 Å². The van der Waals surface area contributed by atoms with E-state index in [2.05, 4.69) is 17.3 Å². The summed E-state index contributed by atoms with van der Waals surface area (Å²) >= 11 is 0. The molecule has 5 nitrogen and oxygen atoms in total. The summed E-state index contributed by atoms with van der Waals surface area (Å²) in [5.41, 5.74) is 2.48. The lowest BCUT2D eigenvalue weighted by Crippen LogP contribution is -2.41. The highest BCUT2D eigenvalue weighted by molar-refractivity contribution is 5.63. The number of hydrogen-bond donors (Lipinski definition) is 1. The number of hydrogen-bond acceptors (Lipinski definition) is 4. The predicted octanol–water partition coefficient (Wildman–Crippen LogP) is 1.96. The van der Waals surface area contributed by atoms with Crippen molar-refractivity contribution in [3.8, 4) is 0 Å². The van der Waals surface area contributed by atoms with Gasteiger partial charge in [0.05, 0.1) is 4.92 Å². The molecular formula is C14H19N3O2. The lowest BCUT2D eigenvalue weighted by Gasteiger charge is -2.33. The van der Waals surface area contributed by atoms with E-state index in [1.54, 1.807) is 12.1 Å². The average Bonchev–Trinajstić information content (AvgIpc) is 2.77. The molecule has 2 aliphatic heterocycles. The molecule has 0 saturated carbocycles. The van der Waals surface area contributed by atoms with E-state index in [1.165, 1.54) is 18.4 Å². The lowest BCUT2D eigenvalue weighted by atomic mass is 9.88. The van der Waals surface area contributed by atoms with Gasteiger partial charge in [-0.25, -0.2) is 0 Å². The molecule has 102 valence electrons. The maximum absolute atomic E-state index is 10.9. The van der Waals surface area contributed by atoms with E-state index in [4.69, 9.17) is 0 Å². The minimum Gasteiger partial charge on any atom is -0.371 e. The van der Waals surface area contributed by atoms with Crippen molar-refractivity contribution in [1.29, 1.82) is 0 Å². The molecule has 0 aliphatic carbocycles. The Hall–Kier alpha value is -1.62. The van der Waals surface area contributed by atoms with E-state index in [0.29, 0.717) is 12.0 Å². The maximum Gasteiger partial charge on any atom is 0.271 e. The van der Waals surface area contributed by atoms with Crippen LogP contribution in [0.4, 0.5) is 11.4 Å². The molecular weight excluding hydrogens is 242 g/mol. The Morgan fingerprint density at radius 1 is 1.37 bits per heavy atom. The normalized spacial score (nSPS) is 23.4. The fourth-order valence-corrected chi connectivity index (χ4v) is 3.42. The summed E-state index contributed by atoms with van der Waals surface area (Å²) in [5.74, 6) is 0.692. The highest BCUT2D eigenvalue weighted by Gasteiger charge is 2.34. The van der Waals surface area contributed by atoms with E-state index in [9.17, 15) is 10.1 Å². The Labute approximate surface area is 112 Å². The van der Waals surface area contributed by atoms with Crippen LogP contribution in [-0.4, -0.2) is 31.1 Å². The second kappa shape index (κ2) is 4.81. The van der Waals surface area contributed by atoms with Gasteiger partial charge >= 0.3 is 0 Å². The van der Waals surface area contributed by atoms with E-state index >= 15 is 0 Å². The number of nitro benzene ring substituents is 1. The smallest absolute Gasteiger partial charge is 0.271 e. The molecule has 0 radical (unpaired) electrons. The Morgan fingerprint density at radius 2 is 2.11 bits per heavy atom. The van der Waals surface area contributed by atoms with Crippen molar-refractivity contribution in [2.45, 2.75) is 25.3 Å². The summed E-state index contributed by atoms with van der Waals surface area (Å²) in [6, 6.07) is 5.76. The number of nitrogens with one attached hydrogen (secondary N) is 1. The SMILES string of the molecule is CN1c2cc([N+](=O)[O-])ccc2CC1C1CCNCC1. The van der Waals surface area contributed by atoms with Crippen LogP contribution in [0.15, 0.2) is 18.2 Å². The minimum atomic E-state index is -0.314. The summed E-state index contributed by atoms with van der Waals surface area (Å²) in [4.78, 5) is 12.8. The van der Waals surface area contributed by atoms with Crippen LogP contribution in [0.5, 0.6) is 0 Å². The van der Waals surface area contributed by atoms with Crippen LogP contribution in [0.3, 0.4) is 0 Å². The Kier molecular flexibility index (Phi) is 3.14. The number of likely N-dealkylation sites (N-methyl/N-ethyl adjacent to an activating group) is 1. The van der Waals surface area contributed by atoms with Gasteiger partial charge in [-0.1, -0.05) is 6.07 Å². The number of piperidine rings is 1. The fourth-order valence-electron chi connectivity index (χ4n) is 3.42. The Balaban J connectivity index is 1.84. The van der Waals surface area contributed by atoms with Crippen LogP contribution in [0.1, 0.15) is 18.4 Å². The number of benzene rings is 1. The van der Waals surface area contributed by atoms with Crippen LogP contribution in [0.25, 0.3) is 0 Å². The molecule has 5 heteroatoms. The van der Waals surface area contributed by atoms with E-state index < -0.39 is 0 Å². The third-order valence-corrected chi connectivity index (χ3v) is 4.51. The third kappa shape index (κ3) is 2.18. The molecule has 1 saturated heterocycles. The summed E-state index contributed by atoms with van der Waals surface area (Å²) in [7, 11) is 2.07. The van der Waals surface area contributed by atoms with E-state index in [0.717, 1.165) is 25.2 Å². The number of fused-ring (bicyclic) bond motifs is 1. The van der Waals surface area contributed by atoms with Gasteiger partial charge in [0, 0.05) is 30.9 Å². The van der Waals surface area contributed by atoms with Gasteiger partial charge in [0.25, 0.3) is 5.69 Å². The van der Waals surface area contributed by atoms with Crippen molar-refractivity contribution in [2.24, 2.45) is 5.92 Å². The molecule has 1 aromatic carbocycles. The first-order chi connectivity index (χ1) is 9.16. The number of nitrogens with zero attached hydrogens (tertiary/aromatic N) is 2. The zero-order valence-corrected chi connectivity index (χ0v) is 11.1. The van der Waals surface area contributed by atoms with Crippen LogP contribution in [-0.2, 0) is 6.42 Å². The summed E-state index contributed by atoms with van der Waals surface area (Å²) in [5, 5.41) is 14.3. The van der Waals surface area contributed by atoms with Gasteiger partial charge in [0.1, 0.15) is 0 Å².